The maximum absolute atomic E-state index is 13.7. The molecule has 0 radical (unpaired) electrons. The van der Waals surface area contributed by atoms with Crippen LogP contribution in [0.15, 0.2) is 24.3 Å². The topological polar surface area (TPSA) is 47.6 Å². The monoisotopic (exact) mass is 384 g/mol. The lowest BCUT2D eigenvalue weighted by molar-refractivity contribution is -0.139. The summed E-state index contributed by atoms with van der Waals surface area (Å²) in [5.74, 6) is 1.42. The number of carbonyl (C=O) groups is 1. The molecule has 2 bridgehead atoms. The van der Waals surface area contributed by atoms with Gasteiger partial charge < -0.3 is 4.90 Å². The lowest BCUT2D eigenvalue weighted by atomic mass is 9.75. The highest BCUT2D eigenvalue weighted by Crippen LogP contribution is 2.47. The van der Waals surface area contributed by atoms with Crippen LogP contribution in [-0.2, 0) is 4.79 Å². The first-order valence-electron chi connectivity index (χ1n) is 11.0. The second-order valence-electron chi connectivity index (χ2n) is 9.47. The molecule has 2 N–H and O–H groups in total. The van der Waals surface area contributed by atoms with Crippen molar-refractivity contribution in [3.63, 3.8) is 0 Å². The SMILES string of the molecule is O=C(C1NNC2CCCC21)N1C[C@H](c2ccc(F)cc2)[C@H]2[C@@H]1C1CCN2CC1. The van der Waals surface area contributed by atoms with E-state index in [2.05, 4.69) is 20.7 Å². The molecule has 1 aliphatic carbocycles. The van der Waals surface area contributed by atoms with Crippen molar-refractivity contribution in [2.24, 2.45) is 11.8 Å². The van der Waals surface area contributed by atoms with E-state index in [1.54, 1.807) is 12.1 Å². The van der Waals surface area contributed by atoms with Crippen LogP contribution in [0.1, 0.15) is 43.6 Å². The number of halogens is 1. The molecule has 7 rings (SSSR count). The molecule has 3 unspecified atom stereocenters. The number of hydrogen-bond acceptors (Lipinski definition) is 4. The molecule has 5 saturated heterocycles. The average Bonchev–Trinajstić information content (AvgIpc) is 3.44. The molecule has 5 aliphatic heterocycles. The van der Waals surface area contributed by atoms with Gasteiger partial charge in [-0.25, -0.2) is 9.82 Å². The lowest BCUT2D eigenvalue weighted by Crippen LogP contribution is -2.62. The quantitative estimate of drug-likeness (QED) is 0.817. The van der Waals surface area contributed by atoms with Crippen LogP contribution in [0.4, 0.5) is 4.39 Å². The van der Waals surface area contributed by atoms with Crippen LogP contribution in [0, 0.1) is 17.7 Å². The number of likely N-dealkylation sites (tertiary alicyclic amines) is 1. The Morgan fingerprint density at radius 1 is 1.00 bits per heavy atom. The molecule has 28 heavy (non-hydrogen) atoms. The van der Waals surface area contributed by atoms with Crippen LogP contribution in [0.25, 0.3) is 0 Å². The zero-order valence-corrected chi connectivity index (χ0v) is 16.2. The molecule has 6 aliphatic rings. The highest BCUT2D eigenvalue weighted by molar-refractivity contribution is 5.83. The molecule has 6 fully saturated rings. The van der Waals surface area contributed by atoms with Crippen LogP contribution >= 0.6 is 0 Å². The van der Waals surface area contributed by atoms with Crippen LogP contribution in [0.5, 0.6) is 0 Å². The Hall–Kier alpha value is -1.50. The highest BCUT2D eigenvalue weighted by atomic mass is 19.1. The van der Waals surface area contributed by atoms with Gasteiger partial charge >= 0.3 is 0 Å². The van der Waals surface area contributed by atoms with E-state index >= 15 is 0 Å². The van der Waals surface area contributed by atoms with Crippen molar-refractivity contribution in [1.29, 1.82) is 0 Å². The van der Waals surface area contributed by atoms with Crippen LogP contribution in [0.3, 0.4) is 0 Å². The molecule has 0 aromatic heterocycles. The Morgan fingerprint density at radius 2 is 1.79 bits per heavy atom. The molecule has 1 amide bonds. The normalized spacial score (nSPS) is 44.0. The van der Waals surface area contributed by atoms with Crippen LogP contribution in [-0.4, -0.2) is 59.5 Å². The van der Waals surface area contributed by atoms with Crippen molar-refractivity contribution in [1.82, 2.24) is 20.7 Å². The van der Waals surface area contributed by atoms with E-state index in [-0.39, 0.29) is 23.7 Å². The smallest absolute Gasteiger partial charge is 0.241 e. The summed E-state index contributed by atoms with van der Waals surface area (Å²) < 4.78 is 13.5. The second kappa shape index (κ2) is 6.51. The Balaban J connectivity index is 1.32. The minimum absolute atomic E-state index is 0.0874. The summed E-state index contributed by atoms with van der Waals surface area (Å²) in [6.07, 6.45) is 5.92. The number of rotatable bonds is 2. The summed E-state index contributed by atoms with van der Waals surface area (Å²) in [7, 11) is 0. The molecule has 1 aromatic carbocycles. The number of nitrogens with one attached hydrogen (secondary N) is 2. The maximum atomic E-state index is 13.7. The van der Waals surface area contributed by atoms with Gasteiger partial charge in [0.25, 0.3) is 0 Å². The molecular formula is C22H29FN4O. The van der Waals surface area contributed by atoms with Crippen LogP contribution < -0.4 is 10.9 Å². The van der Waals surface area contributed by atoms with Gasteiger partial charge in [-0.05, 0) is 62.4 Å². The number of benzene rings is 1. The van der Waals surface area contributed by atoms with Crippen molar-refractivity contribution in [2.45, 2.75) is 62.2 Å². The van der Waals surface area contributed by atoms with Gasteiger partial charge in [-0.1, -0.05) is 18.6 Å². The highest BCUT2D eigenvalue weighted by Gasteiger charge is 2.56. The zero-order valence-electron chi connectivity index (χ0n) is 16.2. The van der Waals surface area contributed by atoms with Crippen molar-refractivity contribution >= 4 is 5.91 Å². The molecular weight excluding hydrogens is 355 g/mol. The molecule has 150 valence electrons. The van der Waals surface area contributed by atoms with Gasteiger partial charge in [-0.15, -0.1) is 0 Å². The summed E-state index contributed by atoms with van der Waals surface area (Å²) in [6.45, 7) is 3.04. The van der Waals surface area contributed by atoms with E-state index in [9.17, 15) is 9.18 Å². The van der Waals surface area contributed by atoms with E-state index in [1.807, 2.05) is 12.1 Å². The van der Waals surface area contributed by atoms with Crippen molar-refractivity contribution < 1.29 is 9.18 Å². The van der Waals surface area contributed by atoms with Gasteiger partial charge in [0.2, 0.25) is 5.91 Å². The first-order valence-corrected chi connectivity index (χ1v) is 11.0. The minimum Gasteiger partial charge on any atom is -0.336 e. The van der Waals surface area contributed by atoms with E-state index in [0.717, 1.165) is 26.1 Å². The zero-order chi connectivity index (χ0) is 18.8. The molecule has 5 nitrogen and oxygen atoms in total. The molecule has 6 atom stereocenters. The third-order valence-corrected chi connectivity index (χ3v) is 8.26. The Labute approximate surface area is 165 Å². The fraction of sp³-hybridized carbons (Fsp3) is 0.682. The van der Waals surface area contributed by atoms with E-state index in [0.29, 0.717) is 30.0 Å². The fourth-order valence-corrected chi connectivity index (χ4v) is 6.97. The molecule has 5 heterocycles. The van der Waals surface area contributed by atoms with Crippen molar-refractivity contribution in [3.8, 4) is 0 Å². The predicted molar refractivity (Wildman–Crippen MR) is 104 cm³/mol. The van der Waals surface area contributed by atoms with Gasteiger partial charge in [-0.3, -0.25) is 15.1 Å². The average molecular weight is 384 g/mol. The van der Waals surface area contributed by atoms with Gasteiger partial charge in [0.1, 0.15) is 11.9 Å². The lowest BCUT2D eigenvalue weighted by Gasteiger charge is -2.51. The van der Waals surface area contributed by atoms with Gasteiger partial charge in [0.15, 0.2) is 0 Å². The number of fused-ring (bicyclic) bond motifs is 3. The van der Waals surface area contributed by atoms with Gasteiger partial charge in [0.05, 0.1) is 6.04 Å². The predicted octanol–water partition coefficient (Wildman–Crippen LogP) is 1.86. The largest absolute Gasteiger partial charge is 0.336 e. The van der Waals surface area contributed by atoms with E-state index in [1.165, 1.54) is 31.2 Å². The first kappa shape index (κ1) is 17.4. The Morgan fingerprint density at radius 3 is 2.57 bits per heavy atom. The van der Waals surface area contributed by atoms with Crippen LogP contribution in [0.2, 0.25) is 0 Å². The van der Waals surface area contributed by atoms with Gasteiger partial charge in [0, 0.05) is 30.5 Å². The molecule has 6 heteroatoms. The van der Waals surface area contributed by atoms with E-state index in [4.69, 9.17) is 0 Å². The first-order chi connectivity index (χ1) is 13.7. The number of amides is 1. The standard InChI is InChI=1S/C22H29FN4O/c23-15-6-4-13(5-7-15)17-12-27(20-14-8-10-26(11-9-14)21(17)20)22(28)19-16-2-1-3-18(16)24-25-19/h4-7,14,16-21,24-25H,1-3,8-12H2/t16?,17-,18?,19?,20+,21+/m1/s1. The maximum Gasteiger partial charge on any atom is 0.241 e. The second-order valence-corrected chi connectivity index (χ2v) is 9.47. The van der Waals surface area contributed by atoms with E-state index < -0.39 is 0 Å². The molecule has 0 spiro atoms. The number of piperidine rings is 3. The summed E-state index contributed by atoms with van der Waals surface area (Å²) >= 11 is 0. The summed E-state index contributed by atoms with van der Waals surface area (Å²) in [5.41, 5.74) is 7.89. The van der Waals surface area contributed by atoms with Crippen molar-refractivity contribution in [3.05, 3.63) is 35.6 Å². The summed E-state index contributed by atoms with van der Waals surface area (Å²) in [6, 6.07) is 8.05. The third kappa shape index (κ3) is 2.50. The number of hydrazine groups is 1. The summed E-state index contributed by atoms with van der Waals surface area (Å²) in [4.78, 5) is 18.5. The number of carbonyl (C=O) groups excluding carboxylic acids is 1. The molecule has 1 saturated carbocycles. The summed E-state index contributed by atoms with van der Waals surface area (Å²) in [5, 5.41) is 0. The number of nitrogens with zero attached hydrogens (tertiary/aromatic N) is 2. The minimum atomic E-state index is -0.190. The fourth-order valence-electron chi connectivity index (χ4n) is 6.97. The third-order valence-electron chi connectivity index (χ3n) is 8.26. The number of hydrogen-bond donors (Lipinski definition) is 2. The molecule has 1 aromatic rings. The van der Waals surface area contributed by atoms with Crippen molar-refractivity contribution in [2.75, 3.05) is 19.6 Å². The Bertz CT molecular complexity index is 762. The van der Waals surface area contributed by atoms with Gasteiger partial charge in [-0.2, -0.15) is 0 Å². The Kier molecular flexibility index (Phi) is 4.04.